The molecule has 0 spiro atoms. The van der Waals surface area contributed by atoms with Gasteiger partial charge in [-0.3, -0.25) is 4.90 Å². The van der Waals surface area contributed by atoms with Crippen molar-refractivity contribution in [3.05, 3.63) is 83.1 Å². The van der Waals surface area contributed by atoms with E-state index < -0.39 is 5.92 Å². The highest BCUT2D eigenvalue weighted by Gasteiger charge is 2.38. The number of anilines is 2. The number of aryl methyl sites for hydroxylation is 1. The highest BCUT2D eigenvalue weighted by molar-refractivity contribution is 5.73. The molecule has 1 aliphatic heterocycles. The molecule has 0 aliphatic carbocycles. The summed E-state index contributed by atoms with van der Waals surface area (Å²) >= 11 is 0. The lowest BCUT2D eigenvalue weighted by Gasteiger charge is -2.31. The first-order chi connectivity index (χ1) is 14.0. The summed E-state index contributed by atoms with van der Waals surface area (Å²) in [4.78, 5) is 6.36. The number of oxazole rings is 1. The summed E-state index contributed by atoms with van der Waals surface area (Å²) in [6.45, 7) is 5.75. The fourth-order valence-electron chi connectivity index (χ4n) is 3.59. The lowest BCUT2D eigenvalue weighted by Crippen LogP contribution is -2.31. The van der Waals surface area contributed by atoms with E-state index in [9.17, 15) is 5.26 Å². The van der Waals surface area contributed by atoms with Crippen LogP contribution < -0.4 is 15.4 Å². The zero-order chi connectivity index (χ0) is 20.5. The second-order valence-corrected chi connectivity index (χ2v) is 7.17. The van der Waals surface area contributed by atoms with Gasteiger partial charge in [0.1, 0.15) is 17.3 Å². The molecule has 29 heavy (non-hydrogen) atoms. The number of nitriles is 1. The molecular weight excluding hydrogens is 364 g/mol. The molecule has 1 aromatic heterocycles. The van der Waals surface area contributed by atoms with Crippen LogP contribution in [0.3, 0.4) is 0 Å². The van der Waals surface area contributed by atoms with Crippen molar-refractivity contribution in [1.29, 1.82) is 5.26 Å². The van der Waals surface area contributed by atoms with Crippen molar-refractivity contribution >= 4 is 11.6 Å². The highest BCUT2D eigenvalue weighted by atomic mass is 16.5. The number of ether oxygens (including phenoxy) is 1. The molecule has 1 aliphatic rings. The third-order valence-electron chi connectivity index (χ3n) is 4.74. The molecule has 6 nitrogen and oxygen atoms in total. The van der Waals surface area contributed by atoms with Gasteiger partial charge < -0.3 is 14.9 Å². The van der Waals surface area contributed by atoms with E-state index in [1.807, 2.05) is 68.4 Å². The van der Waals surface area contributed by atoms with Gasteiger partial charge in [-0.2, -0.15) is 5.26 Å². The van der Waals surface area contributed by atoms with Gasteiger partial charge in [-0.05, 0) is 43.7 Å². The van der Waals surface area contributed by atoms with Crippen LogP contribution in [-0.2, 0) is 0 Å². The highest BCUT2D eigenvalue weighted by Crippen LogP contribution is 2.46. The number of benzene rings is 2. The molecule has 0 saturated carbocycles. The summed E-state index contributed by atoms with van der Waals surface area (Å²) in [5.41, 5.74) is 9.32. The van der Waals surface area contributed by atoms with Crippen LogP contribution in [0, 0.1) is 18.3 Å². The minimum atomic E-state index is -0.402. The third kappa shape index (κ3) is 3.32. The second kappa shape index (κ2) is 7.36. The molecule has 3 aromatic rings. The van der Waals surface area contributed by atoms with Crippen LogP contribution in [0.5, 0.6) is 5.75 Å². The van der Waals surface area contributed by atoms with Crippen LogP contribution in [0.25, 0.3) is 0 Å². The number of hydrogen-bond acceptors (Lipinski definition) is 6. The van der Waals surface area contributed by atoms with Crippen LogP contribution in [0.15, 0.2) is 70.4 Å². The fourth-order valence-corrected chi connectivity index (χ4v) is 3.59. The number of fused-ring (bicyclic) bond motifs is 1. The molecule has 146 valence electrons. The Kier molecular flexibility index (Phi) is 4.73. The number of nitrogens with zero attached hydrogens (tertiary/aromatic N) is 3. The Hall–Kier alpha value is -3.72. The fraction of sp³-hybridized carbons (Fsp3) is 0.217. The van der Waals surface area contributed by atoms with Crippen LogP contribution in [0.2, 0.25) is 0 Å². The Bertz CT molecular complexity index is 1090. The van der Waals surface area contributed by atoms with Gasteiger partial charge in [0.2, 0.25) is 5.88 Å². The number of aromatic nitrogens is 1. The molecule has 0 radical (unpaired) electrons. The predicted molar refractivity (Wildman–Crippen MR) is 111 cm³/mol. The Labute approximate surface area is 169 Å². The lowest BCUT2D eigenvalue weighted by atomic mass is 9.86. The number of rotatable bonds is 4. The first-order valence-electron chi connectivity index (χ1n) is 9.48. The van der Waals surface area contributed by atoms with Crippen molar-refractivity contribution in [3.8, 4) is 11.8 Å². The van der Waals surface area contributed by atoms with Gasteiger partial charge in [-0.1, -0.05) is 30.3 Å². The maximum Gasteiger partial charge on any atom is 0.230 e. The Morgan fingerprint density at radius 1 is 1.14 bits per heavy atom. The maximum absolute atomic E-state index is 9.97. The van der Waals surface area contributed by atoms with Crippen molar-refractivity contribution < 1.29 is 9.15 Å². The second-order valence-electron chi connectivity index (χ2n) is 7.17. The molecule has 0 unspecified atom stereocenters. The third-order valence-corrected chi connectivity index (χ3v) is 4.74. The van der Waals surface area contributed by atoms with Gasteiger partial charge in [0.15, 0.2) is 5.89 Å². The van der Waals surface area contributed by atoms with E-state index in [1.54, 1.807) is 11.8 Å². The summed E-state index contributed by atoms with van der Waals surface area (Å²) in [6.07, 6.45) is 0.0879. The quantitative estimate of drug-likeness (QED) is 0.696. The van der Waals surface area contributed by atoms with Crippen molar-refractivity contribution in [2.75, 3.05) is 4.90 Å². The zero-order valence-corrected chi connectivity index (χ0v) is 16.6. The van der Waals surface area contributed by atoms with Crippen LogP contribution in [-0.4, -0.2) is 11.1 Å². The van der Waals surface area contributed by atoms with Gasteiger partial charge in [0.05, 0.1) is 29.4 Å². The van der Waals surface area contributed by atoms with Crippen molar-refractivity contribution in [2.45, 2.75) is 32.8 Å². The van der Waals surface area contributed by atoms with Crippen LogP contribution >= 0.6 is 0 Å². The van der Waals surface area contributed by atoms with Gasteiger partial charge in [0.25, 0.3) is 0 Å². The molecule has 4 rings (SSSR count). The summed E-state index contributed by atoms with van der Waals surface area (Å²) in [5, 5.41) is 9.97. The summed E-state index contributed by atoms with van der Waals surface area (Å²) in [6, 6.07) is 19.6. The van der Waals surface area contributed by atoms with Crippen molar-refractivity contribution in [2.24, 2.45) is 5.73 Å². The Morgan fingerprint density at radius 2 is 1.83 bits per heavy atom. The zero-order valence-electron chi connectivity index (χ0n) is 16.6. The SMILES string of the molecule is Cc1nc2c(o1)N(c1ccccc1)C(N)=C(C#N)[C@@H]2c1ccc(OC(C)C)cc1. The minimum Gasteiger partial charge on any atom is -0.491 e. The molecule has 2 aromatic carbocycles. The average Bonchev–Trinajstić information content (AvgIpc) is 3.08. The van der Waals surface area contributed by atoms with Crippen LogP contribution in [0.4, 0.5) is 11.6 Å². The predicted octanol–water partition coefficient (Wildman–Crippen LogP) is 4.75. The first kappa shape index (κ1) is 18.6. The standard InChI is InChI=1S/C23H22N4O2/c1-14(2)28-18-11-9-16(10-12-18)20-19(13-24)22(25)27(17-7-5-4-6-8-17)23-21(20)26-15(3)29-23/h4-12,14,20H,25H2,1-3H3/t20-/m0/s1. The monoisotopic (exact) mass is 386 g/mol. The number of nitrogens with two attached hydrogens (primary N) is 1. The van der Waals surface area contributed by atoms with E-state index >= 15 is 0 Å². The van der Waals surface area contributed by atoms with Gasteiger partial charge >= 0.3 is 0 Å². The van der Waals surface area contributed by atoms with Gasteiger partial charge in [0, 0.05) is 6.92 Å². The minimum absolute atomic E-state index is 0.0879. The molecule has 2 heterocycles. The normalized spacial score (nSPS) is 16.0. The van der Waals surface area contributed by atoms with Crippen LogP contribution in [0.1, 0.15) is 36.9 Å². The molecule has 6 heteroatoms. The van der Waals surface area contributed by atoms with E-state index in [1.165, 1.54) is 0 Å². The average molecular weight is 386 g/mol. The first-order valence-corrected chi connectivity index (χ1v) is 9.48. The summed E-state index contributed by atoms with van der Waals surface area (Å²) < 4.78 is 11.7. The molecule has 2 N–H and O–H groups in total. The van der Waals surface area contributed by atoms with Gasteiger partial charge in [-0.25, -0.2) is 4.98 Å². The van der Waals surface area contributed by atoms with E-state index in [0.717, 1.165) is 17.0 Å². The topological polar surface area (TPSA) is 88.3 Å². The van der Waals surface area contributed by atoms with Crippen molar-refractivity contribution in [3.63, 3.8) is 0 Å². The van der Waals surface area contributed by atoms with E-state index in [-0.39, 0.29) is 6.10 Å². The summed E-state index contributed by atoms with van der Waals surface area (Å²) in [5.74, 6) is 1.78. The van der Waals surface area contributed by atoms with Crippen molar-refractivity contribution in [1.82, 2.24) is 4.98 Å². The molecule has 0 bridgehead atoms. The molecular formula is C23H22N4O2. The smallest absolute Gasteiger partial charge is 0.230 e. The number of allylic oxidation sites excluding steroid dienone is 1. The largest absolute Gasteiger partial charge is 0.491 e. The Balaban J connectivity index is 1.85. The maximum atomic E-state index is 9.97. The lowest BCUT2D eigenvalue weighted by molar-refractivity contribution is 0.242. The molecule has 1 atom stereocenters. The summed E-state index contributed by atoms with van der Waals surface area (Å²) in [7, 11) is 0. The Morgan fingerprint density at radius 3 is 2.45 bits per heavy atom. The van der Waals surface area contributed by atoms with E-state index in [2.05, 4.69) is 11.1 Å². The molecule has 0 saturated heterocycles. The number of hydrogen-bond donors (Lipinski definition) is 1. The van der Waals surface area contributed by atoms with E-state index in [0.29, 0.717) is 28.9 Å². The number of para-hydroxylation sites is 1. The molecule has 0 amide bonds. The molecule has 0 fully saturated rings. The van der Waals surface area contributed by atoms with E-state index in [4.69, 9.17) is 14.9 Å². The van der Waals surface area contributed by atoms with Gasteiger partial charge in [-0.15, -0.1) is 0 Å².